The quantitative estimate of drug-likeness (QED) is 0.612. The molecule has 0 fully saturated rings. The van der Waals surface area contributed by atoms with Crippen LogP contribution in [0.25, 0.3) is 11.3 Å². The molecule has 1 heterocycles. The molecule has 2 aromatic carbocycles. The number of hydrogen-bond donors (Lipinski definition) is 3. The Kier molecular flexibility index (Phi) is 5.89. The van der Waals surface area contributed by atoms with Crippen LogP contribution < -0.4 is 5.32 Å². The fourth-order valence-electron chi connectivity index (χ4n) is 2.95. The second kappa shape index (κ2) is 8.32. The van der Waals surface area contributed by atoms with Gasteiger partial charge in [-0.15, -0.1) is 0 Å². The van der Waals surface area contributed by atoms with Gasteiger partial charge in [0.1, 0.15) is 24.5 Å². The molecule has 0 aliphatic carbocycles. The molecule has 4 N–H and O–H groups in total. The monoisotopic (exact) mass is 352 g/mol. The summed E-state index contributed by atoms with van der Waals surface area (Å²) < 4.78 is 5.93. The fraction of sp³-hybridized carbons (Fsp3) is 0.273. The number of aliphatic hydroxyl groups is 2. The highest BCUT2D eigenvalue weighted by Gasteiger charge is 2.19. The van der Waals surface area contributed by atoms with E-state index in [2.05, 4.69) is 5.32 Å². The van der Waals surface area contributed by atoms with Crippen molar-refractivity contribution in [1.29, 1.82) is 0 Å². The molecular formula is C22H26NO3+. The number of rotatable bonds is 7. The van der Waals surface area contributed by atoms with Crippen LogP contribution in [0, 0.1) is 0 Å². The van der Waals surface area contributed by atoms with Crippen molar-refractivity contribution in [2.75, 3.05) is 0 Å². The second-order valence-electron chi connectivity index (χ2n) is 6.72. The predicted octanol–water partition coefficient (Wildman–Crippen LogP) is 3.19. The molecule has 4 heteroatoms. The summed E-state index contributed by atoms with van der Waals surface area (Å²) in [6.07, 6.45) is -0.984. The van der Waals surface area contributed by atoms with Crippen LogP contribution in [-0.4, -0.2) is 16.3 Å². The number of aliphatic hydroxyl groups excluding tert-OH is 2. The third kappa shape index (κ3) is 4.41. The van der Waals surface area contributed by atoms with Crippen molar-refractivity contribution in [3.63, 3.8) is 0 Å². The summed E-state index contributed by atoms with van der Waals surface area (Å²) in [4.78, 5) is 0. The maximum atomic E-state index is 10.4. The summed E-state index contributed by atoms with van der Waals surface area (Å²) in [7, 11) is 0. The Labute approximate surface area is 154 Å². The van der Waals surface area contributed by atoms with Crippen LogP contribution in [0.1, 0.15) is 42.9 Å². The van der Waals surface area contributed by atoms with E-state index in [9.17, 15) is 10.2 Å². The van der Waals surface area contributed by atoms with Gasteiger partial charge in [-0.25, -0.2) is 0 Å². The number of hydrogen-bond acceptors (Lipinski definition) is 3. The smallest absolute Gasteiger partial charge is 0.158 e. The lowest BCUT2D eigenvalue weighted by molar-refractivity contribution is -0.710. The third-order valence-corrected chi connectivity index (χ3v) is 4.67. The van der Waals surface area contributed by atoms with E-state index in [1.807, 2.05) is 73.7 Å². The van der Waals surface area contributed by atoms with Crippen molar-refractivity contribution in [2.24, 2.45) is 0 Å². The molecule has 4 nitrogen and oxygen atoms in total. The third-order valence-electron chi connectivity index (χ3n) is 4.67. The molecule has 0 unspecified atom stereocenters. The van der Waals surface area contributed by atoms with Gasteiger partial charge in [0.25, 0.3) is 0 Å². The Morgan fingerprint density at radius 3 is 2.19 bits per heavy atom. The normalized spacial score (nSPS) is 14.8. The van der Waals surface area contributed by atoms with Gasteiger partial charge in [-0.2, -0.15) is 0 Å². The first-order valence-corrected chi connectivity index (χ1v) is 8.98. The van der Waals surface area contributed by atoms with E-state index in [0.29, 0.717) is 6.54 Å². The van der Waals surface area contributed by atoms with Gasteiger partial charge < -0.3 is 19.9 Å². The fourth-order valence-corrected chi connectivity index (χ4v) is 2.95. The lowest BCUT2D eigenvalue weighted by Crippen LogP contribution is -2.88. The van der Waals surface area contributed by atoms with Crippen LogP contribution in [-0.2, 0) is 6.54 Å². The van der Waals surface area contributed by atoms with E-state index < -0.39 is 12.2 Å². The van der Waals surface area contributed by atoms with E-state index in [1.54, 1.807) is 6.92 Å². The van der Waals surface area contributed by atoms with Crippen LogP contribution in [0.4, 0.5) is 0 Å². The molecule has 3 aromatic rings. The van der Waals surface area contributed by atoms with Gasteiger partial charge >= 0.3 is 0 Å². The summed E-state index contributed by atoms with van der Waals surface area (Å²) in [5.41, 5.74) is 2.80. The van der Waals surface area contributed by atoms with Crippen molar-refractivity contribution in [2.45, 2.75) is 38.6 Å². The summed E-state index contributed by atoms with van der Waals surface area (Å²) >= 11 is 0. The molecule has 0 saturated heterocycles. The first kappa shape index (κ1) is 18.4. The minimum Gasteiger partial charge on any atom is -0.455 e. The van der Waals surface area contributed by atoms with Crippen LogP contribution in [0.15, 0.2) is 71.1 Å². The standard InChI is InChI=1S/C22H25NO3/c1-15(22(25)19-6-4-3-5-7-19)23-14-20-12-13-21(26-20)18-10-8-17(9-11-18)16(2)24/h3-13,15-16,22-25H,14H2,1-2H3/p+1/t15-,16-,22+/m1/s1. The Morgan fingerprint density at radius 2 is 1.54 bits per heavy atom. The van der Waals surface area contributed by atoms with E-state index in [-0.39, 0.29) is 6.04 Å². The molecule has 0 aliphatic heterocycles. The summed E-state index contributed by atoms with van der Waals surface area (Å²) in [6.45, 7) is 4.42. The van der Waals surface area contributed by atoms with Gasteiger partial charge in [0.15, 0.2) is 5.76 Å². The predicted molar refractivity (Wildman–Crippen MR) is 101 cm³/mol. The molecule has 136 valence electrons. The first-order chi connectivity index (χ1) is 12.5. The van der Waals surface area contributed by atoms with Gasteiger partial charge in [-0.3, -0.25) is 0 Å². The minimum atomic E-state index is -0.515. The number of benzene rings is 2. The highest BCUT2D eigenvalue weighted by Crippen LogP contribution is 2.24. The Hall–Kier alpha value is -2.40. The molecule has 0 radical (unpaired) electrons. The Morgan fingerprint density at radius 1 is 0.846 bits per heavy atom. The molecule has 1 aromatic heterocycles. The lowest BCUT2D eigenvalue weighted by atomic mass is 10.0. The number of nitrogens with two attached hydrogens (primary N) is 1. The second-order valence-corrected chi connectivity index (χ2v) is 6.72. The van der Waals surface area contributed by atoms with Crippen LogP contribution in [0.3, 0.4) is 0 Å². The summed E-state index contributed by atoms with van der Waals surface area (Å²) in [5, 5.41) is 22.1. The maximum Gasteiger partial charge on any atom is 0.158 e. The minimum absolute atomic E-state index is 0.0243. The van der Waals surface area contributed by atoms with Gasteiger partial charge in [0, 0.05) is 5.56 Å². The van der Waals surface area contributed by atoms with E-state index in [1.165, 1.54) is 0 Å². The average molecular weight is 352 g/mol. The molecule has 26 heavy (non-hydrogen) atoms. The van der Waals surface area contributed by atoms with Crippen molar-refractivity contribution in [1.82, 2.24) is 0 Å². The molecule has 0 aliphatic rings. The zero-order valence-electron chi connectivity index (χ0n) is 15.2. The molecule has 0 spiro atoms. The molecule has 0 bridgehead atoms. The van der Waals surface area contributed by atoms with Crippen molar-refractivity contribution >= 4 is 0 Å². The molecule has 0 saturated carbocycles. The summed E-state index contributed by atoms with van der Waals surface area (Å²) in [6, 6.07) is 21.4. The van der Waals surface area contributed by atoms with Crippen LogP contribution in [0.5, 0.6) is 0 Å². The number of furan rings is 1. The lowest BCUT2D eigenvalue weighted by Gasteiger charge is -2.17. The van der Waals surface area contributed by atoms with Gasteiger partial charge in [0.05, 0.1) is 6.10 Å². The molecular weight excluding hydrogens is 326 g/mol. The van der Waals surface area contributed by atoms with E-state index in [0.717, 1.165) is 28.2 Å². The maximum absolute atomic E-state index is 10.4. The summed E-state index contributed by atoms with van der Waals surface area (Å²) in [5.74, 6) is 1.67. The zero-order chi connectivity index (χ0) is 18.5. The highest BCUT2D eigenvalue weighted by atomic mass is 16.3. The Balaban J connectivity index is 1.60. The highest BCUT2D eigenvalue weighted by molar-refractivity contribution is 5.58. The topological polar surface area (TPSA) is 70.2 Å². The molecule has 3 rings (SSSR count). The molecule has 0 amide bonds. The number of quaternary nitrogens is 1. The van der Waals surface area contributed by atoms with Gasteiger partial charge in [-0.05, 0) is 37.1 Å². The van der Waals surface area contributed by atoms with Crippen LogP contribution >= 0.6 is 0 Å². The van der Waals surface area contributed by atoms with Crippen molar-refractivity contribution in [3.8, 4) is 11.3 Å². The van der Waals surface area contributed by atoms with E-state index >= 15 is 0 Å². The average Bonchev–Trinajstić information content (AvgIpc) is 3.15. The zero-order valence-corrected chi connectivity index (χ0v) is 15.2. The van der Waals surface area contributed by atoms with Crippen molar-refractivity contribution in [3.05, 3.63) is 83.6 Å². The molecule has 3 atom stereocenters. The Bertz CT molecular complexity index is 809. The van der Waals surface area contributed by atoms with E-state index in [4.69, 9.17) is 4.42 Å². The van der Waals surface area contributed by atoms with Gasteiger partial charge in [0.2, 0.25) is 0 Å². The first-order valence-electron chi connectivity index (χ1n) is 8.98. The SMILES string of the molecule is C[C@@H](O)c1ccc(-c2ccc(C[NH2+][C@H](C)[C@H](O)c3ccccc3)o2)cc1. The largest absolute Gasteiger partial charge is 0.455 e. The van der Waals surface area contributed by atoms with Crippen molar-refractivity contribution < 1.29 is 19.9 Å². The van der Waals surface area contributed by atoms with Crippen LogP contribution in [0.2, 0.25) is 0 Å². The van der Waals surface area contributed by atoms with Gasteiger partial charge in [-0.1, -0.05) is 54.6 Å².